The van der Waals surface area contributed by atoms with Gasteiger partial charge >= 0.3 is 11.9 Å². The fraction of sp³-hybridized carbons (Fsp3) is 0.385. The summed E-state index contributed by atoms with van der Waals surface area (Å²) in [7, 11) is 2.37. The lowest BCUT2D eigenvalue weighted by Gasteiger charge is -2.20. The van der Waals surface area contributed by atoms with Gasteiger partial charge in [-0.1, -0.05) is 6.07 Å². The number of hydrogen-bond acceptors (Lipinski definition) is 5. The summed E-state index contributed by atoms with van der Waals surface area (Å²) in [4.78, 5) is 23.7. The second kappa shape index (κ2) is 7.54. The molecule has 0 aliphatic heterocycles. The second-order valence-corrected chi connectivity index (χ2v) is 4.00. The molecule has 0 saturated heterocycles. The molecule has 1 aromatic carbocycles. The zero-order valence-corrected chi connectivity index (χ0v) is 11.2. The molecule has 0 radical (unpaired) electrons. The van der Waals surface area contributed by atoms with Crippen LogP contribution in [0.5, 0.6) is 0 Å². The SMILES string of the molecule is COC(=O)CN(CC(=O)OC)Cc1c(F)cccc1F. The summed E-state index contributed by atoms with van der Waals surface area (Å²) in [6.45, 7) is -0.804. The largest absolute Gasteiger partial charge is 0.468 e. The summed E-state index contributed by atoms with van der Waals surface area (Å²) >= 11 is 0. The highest BCUT2D eigenvalue weighted by molar-refractivity contribution is 5.74. The normalized spacial score (nSPS) is 10.4. The third-order valence-corrected chi connectivity index (χ3v) is 2.60. The minimum Gasteiger partial charge on any atom is -0.468 e. The first-order valence-corrected chi connectivity index (χ1v) is 5.76. The summed E-state index contributed by atoms with van der Waals surface area (Å²) in [6, 6.07) is 3.44. The van der Waals surface area contributed by atoms with Gasteiger partial charge in [-0.3, -0.25) is 14.5 Å². The fourth-order valence-corrected chi connectivity index (χ4v) is 1.57. The molecule has 0 aliphatic rings. The van der Waals surface area contributed by atoms with E-state index in [4.69, 9.17) is 0 Å². The summed E-state index contributed by atoms with van der Waals surface area (Å²) in [6.07, 6.45) is 0. The van der Waals surface area contributed by atoms with Gasteiger partial charge in [0.2, 0.25) is 0 Å². The molecule has 0 fully saturated rings. The Morgan fingerprint density at radius 1 is 1.05 bits per heavy atom. The predicted octanol–water partition coefficient (Wildman–Crippen LogP) is 1.11. The average molecular weight is 287 g/mol. The molecule has 0 aliphatic carbocycles. The average Bonchev–Trinajstić information content (AvgIpc) is 2.42. The molecule has 0 saturated carbocycles. The van der Waals surface area contributed by atoms with Crippen LogP contribution in [0, 0.1) is 11.6 Å². The van der Waals surface area contributed by atoms with Crippen LogP contribution in [0.25, 0.3) is 0 Å². The van der Waals surface area contributed by atoms with E-state index in [-0.39, 0.29) is 25.2 Å². The monoisotopic (exact) mass is 287 g/mol. The van der Waals surface area contributed by atoms with E-state index >= 15 is 0 Å². The summed E-state index contributed by atoms with van der Waals surface area (Å²) in [5.41, 5.74) is -0.222. The molecular formula is C13H15F2NO4. The number of ether oxygens (including phenoxy) is 2. The van der Waals surface area contributed by atoms with Crippen LogP contribution in [0.1, 0.15) is 5.56 Å². The number of methoxy groups -OCH3 is 2. The van der Waals surface area contributed by atoms with Crippen molar-refractivity contribution in [3.05, 3.63) is 35.4 Å². The Morgan fingerprint density at radius 2 is 1.50 bits per heavy atom. The molecule has 0 aromatic heterocycles. The Balaban J connectivity index is 2.87. The highest BCUT2D eigenvalue weighted by Crippen LogP contribution is 2.14. The lowest BCUT2D eigenvalue weighted by molar-refractivity contribution is -0.145. The number of carbonyl (C=O) groups excluding carboxylic acids is 2. The highest BCUT2D eigenvalue weighted by Gasteiger charge is 2.19. The Bertz CT molecular complexity index is 455. The van der Waals surface area contributed by atoms with Crippen molar-refractivity contribution in [2.45, 2.75) is 6.54 Å². The van der Waals surface area contributed by atoms with E-state index in [2.05, 4.69) is 9.47 Å². The maximum absolute atomic E-state index is 13.6. The Kier molecular flexibility index (Phi) is 6.05. The lowest BCUT2D eigenvalue weighted by Crippen LogP contribution is -2.35. The van der Waals surface area contributed by atoms with Crippen molar-refractivity contribution in [3.8, 4) is 0 Å². The molecule has 1 aromatic rings. The second-order valence-electron chi connectivity index (χ2n) is 4.00. The van der Waals surface area contributed by atoms with Crippen LogP contribution in [0.15, 0.2) is 18.2 Å². The highest BCUT2D eigenvalue weighted by atomic mass is 19.1. The van der Waals surface area contributed by atoms with Crippen molar-refractivity contribution in [2.75, 3.05) is 27.3 Å². The Labute approximate surface area is 115 Å². The summed E-state index contributed by atoms with van der Waals surface area (Å²) in [5, 5.41) is 0. The molecule has 7 heteroatoms. The van der Waals surface area contributed by atoms with Crippen LogP contribution in [-0.4, -0.2) is 44.1 Å². The number of carbonyl (C=O) groups is 2. The van der Waals surface area contributed by atoms with Gasteiger partial charge in [0.1, 0.15) is 11.6 Å². The predicted molar refractivity (Wildman–Crippen MR) is 65.7 cm³/mol. The van der Waals surface area contributed by atoms with Crippen LogP contribution in [0.4, 0.5) is 8.78 Å². The standard InChI is InChI=1S/C13H15F2NO4/c1-19-12(17)7-16(8-13(18)20-2)6-9-10(14)4-3-5-11(9)15/h3-5H,6-8H2,1-2H3. The van der Waals surface area contributed by atoms with Crippen LogP contribution < -0.4 is 0 Å². The summed E-state index contributed by atoms with van der Waals surface area (Å²) < 4.78 is 36.0. The first kappa shape index (κ1) is 16.0. The van der Waals surface area contributed by atoms with E-state index in [0.717, 1.165) is 12.1 Å². The van der Waals surface area contributed by atoms with Crippen LogP contribution in [-0.2, 0) is 25.6 Å². The van der Waals surface area contributed by atoms with Crippen molar-refractivity contribution >= 4 is 11.9 Å². The molecule has 0 unspecified atom stereocenters. The number of rotatable bonds is 6. The molecule has 0 bridgehead atoms. The lowest BCUT2D eigenvalue weighted by atomic mass is 10.2. The van der Waals surface area contributed by atoms with Crippen LogP contribution >= 0.6 is 0 Å². The zero-order chi connectivity index (χ0) is 15.1. The molecule has 0 atom stereocenters. The third-order valence-electron chi connectivity index (χ3n) is 2.60. The van der Waals surface area contributed by atoms with Gasteiger partial charge in [0.15, 0.2) is 0 Å². The third kappa shape index (κ3) is 4.58. The quantitative estimate of drug-likeness (QED) is 0.734. The smallest absolute Gasteiger partial charge is 0.319 e. The fourth-order valence-electron chi connectivity index (χ4n) is 1.57. The first-order chi connectivity index (χ1) is 9.47. The van der Waals surface area contributed by atoms with E-state index in [9.17, 15) is 18.4 Å². The Morgan fingerprint density at radius 3 is 1.90 bits per heavy atom. The molecule has 0 amide bonds. The summed E-state index contributed by atoms with van der Waals surface area (Å²) in [5.74, 6) is -2.73. The van der Waals surface area contributed by atoms with Crippen LogP contribution in [0.3, 0.4) is 0 Å². The number of benzene rings is 1. The number of hydrogen-bond donors (Lipinski definition) is 0. The van der Waals surface area contributed by atoms with Crippen LogP contribution in [0.2, 0.25) is 0 Å². The minimum atomic E-state index is -0.746. The van der Waals surface area contributed by atoms with E-state index < -0.39 is 23.6 Å². The first-order valence-electron chi connectivity index (χ1n) is 5.76. The van der Waals surface area contributed by atoms with Gasteiger partial charge in [-0.2, -0.15) is 0 Å². The number of halogens is 2. The van der Waals surface area contributed by atoms with Gasteiger partial charge in [0, 0.05) is 12.1 Å². The molecule has 0 N–H and O–H groups in total. The van der Waals surface area contributed by atoms with Crippen molar-refractivity contribution in [3.63, 3.8) is 0 Å². The molecular weight excluding hydrogens is 272 g/mol. The van der Waals surface area contributed by atoms with Gasteiger partial charge in [0.05, 0.1) is 27.3 Å². The van der Waals surface area contributed by atoms with E-state index in [1.807, 2.05) is 0 Å². The molecule has 20 heavy (non-hydrogen) atoms. The van der Waals surface area contributed by atoms with Gasteiger partial charge in [-0.15, -0.1) is 0 Å². The molecule has 0 spiro atoms. The molecule has 110 valence electrons. The molecule has 1 rings (SSSR count). The minimum absolute atomic E-state index is 0.222. The Hall–Kier alpha value is -2.02. The maximum Gasteiger partial charge on any atom is 0.319 e. The van der Waals surface area contributed by atoms with Gasteiger partial charge in [-0.25, -0.2) is 8.78 Å². The zero-order valence-electron chi connectivity index (χ0n) is 11.2. The van der Waals surface area contributed by atoms with E-state index in [0.29, 0.717) is 0 Å². The van der Waals surface area contributed by atoms with Gasteiger partial charge in [0.25, 0.3) is 0 Å². The topological polar surface area (TPSA) is 55.8 Å². The van der Waals surface area contributed by atoms with E-state index in [1.54, 1.807) is 0 Å². The van der Waals surface area contributed by atoms with Crippen molar-refractivity contribution in [1.82, 2.24) is 4.90 Å². The molecule has 0 heterocycles. The van der Waals surface area contributed by atoms with Crippen molar-refractivity contribution < 1.29 is 27.8 Å². The maximum atomic E-state index is 13.6. The van der Waals surface area contributed by atoms with Gasteiger partial charge < -0.3 is 9.47 Å². The van der Waals surface area contributed by atoms with E-state index in [1.165, 1.54) is 25.2 Å². The number of nitrogens with zero attached hydrogens (tertiary/aromatic N) is 1. The molecule has 5 nitrogen and oxygen atoms in total. The van der Waals surface area contributed by atoms with Crippen molar-refractivity contribution in [1.29, 1.82) is 0 Å². The van der Waals surface area contributed by atoms with Crippen molar-refractivity contribution in [2.24, 2.45) is 0 Å². The van der Waals surface area contributed by atoms with Gasteiger partial charge in [-0.05, 0) is 12.1 Å². The number of esters is 2.